The Balaban J connectivity index is 2.11. The van der Waals surface area contributed by atoms with Crippen molar-refractivity contribution >= 4 is 32.9 Å². The average molecular weight is 377 g/mol. The third kappa shape index (κ3) is 5.28. The summed E-state index contributed by atoms with van der Waals surface area (Å²) in [4.78, 5) is 0.321. The molecule has 0 radical (unpaired) electrons. The van der Waals surface area contributed by atoms with E-state index in [1.165, 1.54) is 11.8 Å². The zero-order valence-corrected chi connectivity index (χ0v) is 16.6. The van der Waals surface area contributed by atoms with E-state index in [4.69, 9.17) is 12.2 Å². The fourth-order valence-electron chi connectivity index (χ4n) is 2.56. The van der Waals surface area contributed by atoms with E-state index in [9.17, 15) is 8.42 Å². The SMILES string of the molecule is CCC(NC(=S)Nc1cc(C)ccc1C)c1ccc(S(C)(=O)=O)cc1. The van der Waals surface area contributed by atoms with Gasteiger partial charge in [-0.1, -0.05) is 31.2 Å². The molecule has 0 spiro atoms. The number of nitrogens with one attached hydrogen (secondary N) is 2. The van der Waals surface area contributed by atoms with E-state index in [2.05, 4.69) is 35.8 Å². The van der Waals surface area contributed by atoms with Gasteiger partial charge in [-0.2, -0.15) is 0 Å². The Bertz CT molecular complexity index is 859. The van der Waals surface area contributed by atoms with Crippen molar-refractivity contribution < 1.29 is 8.42 Å². The fraction of sp³-hybridized carbons (Fsp3) is 0.316. The van der Waals surface area contributed by atoms with Crippen LogP contribution in [0.2, 0.25) is 0 Å². The van der Waals surface area contributed by atoms with Crippen LogP contribution in [0.3, 0.4) is 0 Å². The van der Waals surface area contributed by atoms with E-state index in [1.807, 2.05) is 26.0 Å². The lowest BCUT2D eigenvalue weighted by Crippen LogP contribution is -2.32. The van der Waals surface area contributed by atoms with Crippen LogP contribution in [0.4, 0.5) is 5.69 Å². The van der Waals surface area contributed by atoms with Crippen molar-refractivity contribution in [1.29, 1.82) is 0 Å². The van der Waals surface area contributed by atoms with Gasteiger partial charge in [0.05, 0.1) is 10.9 Å². The molecule has 2 rings (SSSR count). The highest BCUT2D eigenvalue weighted by Gasteiger charge is 2.13. The zero-order chi connectivity index (χ0) is 18.6. The lowest BCUT2D eigenvalue weighted by Gasteiger charge is -2.21. The summed E-state index contributed by atoms with van der Waals surface area (Å²) in [6.45, 7) is 6.13. The van der Waals surface area contributed by atoms with Crippen molar-refractivity contribution in [3.63, 3.8) is 0 Å². The maximum Gasteiger partial charge on any atom is 0.175 e. The molecule has 2 aromatic carbocycles. The Morgan fingerprint density at radius 3 is 2.32 bits per heavy atom. The molecule has 0 bridgehead atoms. The third-order valence-electron chi connectivity index (χ3n) is 4.07. The maximum atomic E-state index is 11.6. The number of hydrogen-bond donors (Lipinski definition) is 2. The number of sulfone groups is 1. The molecule has 0 fully saturated rings. The van der Waals surface area contributed by atoms with Crippen LogP contribution in [0.5, 0.6) is 0 Å². The van der Waals surface area contributed by atoms with Gasteiger partial charge >= 0.3 is 0 Å². The zero-order valence-electron chi connectivity index (χ0n) is 15.0. The van der Waals surface area contributed by atoms with Gasteiger partial charge in [0.1, 0.15) is 0 Å². The normalized spacial score (nSPS) is 12.5. The molecule has 0 aliphatic rings. The van der Waals surface area contributed by atoms with E-state index in [-0.39, 0.29) is 6.04 Å². The third-order valence-corrected chi connectivity index (χ3v) is 5.41. The maximum absolute atomic E-state index is 11.6. The van der Waals surface area contributed by atoms with E-state index in [0.717, 1.165) is 23.2 Å². The molecule has 25 heavy (non-hydrogen) atoms. The summed E-state index contributed by atoms with van der Waals surface area (Å²) in [5.41, 5.74) is 4.28. The lowest BCUT2D eigenvalue weighted by molar-refractivity contribution is 0.601. The van der Waals surface area contributed by atoms with Gasteiger partial charge in [-0.05, 0) is 67.4 Å². The lowest BCUT2D eigenvalue weighted by atomic mass is 10.1. The van der Waals surface area contributed by atoms with Crippen LogP contribution < -0.4 is 10.6 Å². The minimum Gasteiger partial charge on any atom is -0.356 e. The summed E-state index contributed by atoms with van der Waals surface area (Å²) in [7, 11) is -3.18. The Kier molecular flexibility index (Phi) is 6.19. The van der Waals surface area contributed by atoms with Crippen LogP contribution in [0.15, 0.2) is 47.4 Å². The first kappa shape index (κ1) is 19.4. The number of aryl methyl sites for hydroxylation is 2. The van der Waals surface area contributed by atoms with Crippen LogP contribution in [0.1, 0.15) is 36.1 Å². The molecule has 0 aliphatic carbocycles. The van der Waals surface area contributed by atoms with Crippen LogP contribution >= 0.6 is 12.2 Å². The van der Waals surface area contributed by atoms with Gasteiger partial charge in [0.15, 0.2) is 14.9 Å². The number of anilines is 1. The minimum absolute atomic E-state index is 0.0127. The number of thiocarbonyl (C=S) groups is 1. The molecule has 6 heteroatoms. The summed E-state index contributed by atoms with van der Waals surface area (Å²) >= 11 is 5.45. The van der Waals surface area contributed by atoms with Gasteiger partial charge in [0.2, 0.25) is 0 Å². The summed E-state index contributed by atoms with van der Waals surface area (Å²) in [6.07, 6.45) is 2.04. The molecule has 1 unspecified atom stereocenters. The number of benzene rings is 2. The standard InChI is InChI=1S/C19H24N2O2S2/c1-5-17(15-8-10-16(11-9-15)25(4,22)23)20-19(24)21-18-12-13(2)6-7-14(18)3/h6-12,17H,5H2,1-4H3,(H2,20,21,24). The molecular weight excluding hydrogens is 352 g/mol. The van der Waals surface area contributed by atoms with Gasteiger partial charge in [-0.15, -0.1) is 0 Å². The fourth-order valence-corrected chi connectivity index (χ4v) is 3.44. The van der Waals surface area contributed by atoms with Crippen LogP contribution in [0, 0.1) is 13.8 Å². The average Bonchev–Trinajstić information content (AvgIpc) is 2.55. The van der Waals surface area contributed by atoms with Crippen molar-refractivity contribution in [2.75, 3.05) is 11.6 Å². The molecule has 2 aromatic rings. The molecule has 0 aromatic heterocycles. The molecule has 0 saturated heterocycles. The van der Waals surface area contributed by atoms with Crippen molar-refractivity contribution in [3.05, 3.63) is 59.2 Å². The Labute approximate surface area is 155 Å². The predicted octanol–water partition coefficient (Wildman–Crippen LogP) is 4.14. The van der Waals surface area contributed by atoms with Gasteiger partial charge in [-0.25, -0.2) is 8.42 Å². The minimum atomic E-state index is -3.18. The highest BCUT2D eigenvalue weighted by molar-refractivity contribution is 7.90. The molecule has 0 aliphatic heterocycles. The predicted molar refractivity (Wildman–Crippen MR) is 108 cm³/mol. The molecule has 0 saturated carbocycles. The van der Waals surface area contributed by atoms with E-state index in [1.54, 1.807) is 12.1 Å². The molecule has 134 valence electrons. The molecule has 0 heterocycles. The van der Waals surface area contributed by atoms with Gasteiger partial charge < -0.3 is 10.6 Å². The smallest absolute Gasteiger partial charge is 0.175 e. The highest BCUT2D eigenvalue weighted by atomic mass is 32.2. The van der Waals surface area contributed by atoms with E-state index in [0.29, 0.717) is 10.0 Å². The van der Waals surface area contributed by atoms with Gasteiger partial charge in [0, 0.05) is 11.9 Å². The summed E-state index contributed by atoms with van der Waals surface area (Å²) in [6, 6.07) is 13.1. The Hall–Kier alpha value is -1.92. The van der Waals surface area contributed by atoms with Gasteiger partial charge in [0.25, 0.3) is 0 Å². The van der Waals surface area contributed by atoms with Crippen molar-refractivity contribution in [2.24, 2.45) is 0 Å². The van der Waals surface area contributed by atoms with Crippen molar-refractivity contribution in [3.8, 4) is 0 Å². The van der Waals surface area contributed by atoms with Crippen molar-refractivity contribution in [2.45, 2.75) is 38.1 Å². The van der Waals surface area contributed by atoms with Crippen LogP contribution in [-0.4, -0.2) is 19.8 Å². The largest absolute Gasteiger partial charge is 0.356 e. The molecule has 4 nitrogen and oxygen atoms in total. The molecular formula is C19H24N2O2S2. The quantitative estimate of drug-likeness (QED) is 0.768. The molecule has 2 N–H and O–H groups in total. The topological polar surface area (TPSA) is 58.2 Å². The first-order valence-corrected chi connectivity index (χ1v) is 10.5. The number of hydrogen-bond acceptors (Lipinski definition) is 3. The van der Waals surface area contributed by atoms with E-state index >= 15 is 0 Å². The van der Waals surface area contributed by atoms with Crippen LogP contribution in [0.25, 0.3) is 0 Å². The number of rotatable bonds is 5. The highest BCUT2D eigenvalue weighted by Crippen LogP contribution is 2.20. The van der Waals surface area contributed by atoms with Gasteiger partial charge in [-0.3, -0.25) is 0 Å². The second-order valence-corrected chi connectivity index (χ2v) is 8.64. The molecule has 1 atom stereocenters. The molecule has 0 amide bonds. The summed E-state index contributed by atoms with van der Waals surface area (Å²) in [5, 5.41) is 7.10. The Morgan fingerprint density at radius 2 is 1.76 bits per heavy atom. The second-order valence-electron chi connectivity index (χ2n) is 6.22. The van der Waals surface area contributed by atoms with E-state index < -0.39 is 9.84 Å². The first-order chi connectivity index (χ1) is 11.7. The van der Waals surface area contributed by atoms with Crippen LogP contribution in [-0.2, 0) is 9.84 Å². The second kappa shape index (κ2) is 7.97. The summed E-state index contributed by atoms with van der Waals surface area (Å²) < 4.78 is 23.2. The first-order valence-electron chi connectivity index (χ1n) is 8.15. The summed E-state index contributed by atoms with van der Waals surface area (Å²) in [5.74, 6) is 0. The monoisotopic (exact) mass is 376 g/mol. The Morgan fingerprint density at radius 1 is 1.12 bits per heavy atom. The van der Waals surface area contributed by atoms with Crippen molar-refractivity contribution in [1.82, 2.24) is 5.32 Å².